The Balaban J connectivity index is 1.53. The van der Waals surface area contributed by atoms with Crippen LogP contribution in [0.25, 0.3) is 5.69 Å². The number of carbonyl (C=O) groups excluding carboxylic acids is 1. The van der Waals surface area contributed by atoms with E-state index in [-0.39, 0.29) is 18.6 Å². The highest BCUT2D eigenvalue weighted by atomic mass is 35.5. The van der Waals surface area contributed by atoms with Gasteiger partial charge >= 0.3 is 5.97 Å². The van der Waals surface area contributed by atoms with Crippen molar-refractivity contribution < 1.29 is 19.2 Å². The molecular formula is C22H24Cl2N6O4. The summed E-state index contributed by atoms with van der Waals surface area (Å²) in [5, 5.41) is 11.6. The first-order valence-electron chi connectivity index (χ1n) is 10.5. The normalized spacial score (nSPS) is 15.9. The highest BCUT2D eigenvalue weighted by Crippen LogP contribution is 2.30. The van der Waals surface area contributed by atoms with E-state index in [9.17, 15) is 4.79 Å². The zero-order valence-corrected chi connectivity index (χ0v) is 20.4. The van der Waals surface area contributed by atoms with Gasteiger partial charge in [-0.2, -0.15) is 0 Å². The smallest absolute Gasteiger partial charge is 0.326 e. The van der Waals surface area contributed by atoms with Gasteiger partial charge < -0.3 is 4.74 Å². The second-order valence-electron chi connectivity index (χ2n) is 8.54. The molecule has 0 aliphatic carbocycles. The van der Waals surface area contributed by atoms with Crippen LogP contribution in [0.2, 0.25) is 10.2 Å². The Kier molecular flexibility index (Phi) is 7.34. The number of hydrogen-bond donors (Lipinski definition) is 0. The Hall–Kier alpha value is -2.76. The first-order chi connectivity index (χ1) is 16.2. The molecule has 1 aliphatic rings. The Labute approximate surface area is 206 Å². The number of aromatic nitrogens is 4. The number of pyridine rings is 1. The van der Waals surface area contributed by atoms with E-state index in [0.717, 1.165) is 5.56 Å². The van der Waals surface area contributed by atoms with Crippen LogP contribution in [-0.2, 0) is 25.6 Å². The standard InChI is InChI=1S/C22H24Cl2N6O4/c1-22(2,3)34-21(31)19(10-15-6-8-25-9-7-15)30-14-32-29(13-33-30)18-11-16(23)4-5-17(18)28-12-20(24)26-27-28/h4-9,11-12,19H,10,13-14H2,1-3H3. The van der Waals surface area contributed by atoms with Gasteiger partial charge in [0.05, 0.1) is 17.6 Å². The molecule has 1 unspecified atom stereocenters. The van der Waals surface area contributed by atoms with Gasteiger partial charge in [0.1, 0.15) is 11.6 Å². The van der Waals surface area contributed by atoms with E-state index >= 15 is 0 Å². The second kappa shape index (κ2) is 10.2. The first-order valence-corrected chi connectivity index (χ1v) is 11.2. The third-order valence-corrected chi connectivity index (χ3v) is 5.21. The molecule has 0 saturated carbocycles. The number of ether oxygens (including phenoxy) is 1. The maximum atomic E-state index is 13.0. The van der Waals surface area contributed by atoms with Crippen LogP contribution in [0.3, 0.4) is 0 Å². The van der Waals surface area contributed by atoms with Crippen molar-refractivity contribution in [1.29, 1.82) is 0 Å². The van der Waals surface area contributed by atoms with Crippen molar-refractivity contribution in [1.82, 2.24) is 25.0 Å². The van der Waals surface area contributed by atoms with Crippen LogP contribution in [0, 0.1) is 0 Å². The summed E-state index contributed by atoms with van der Waals surface area (Å²) >= 11 is 12.2. The van der Waals surface area contributed by atoms with Crippen molar-refractivity contribution in [2.45, 2.75) is 38.8 Å². The van der Waals surface area contributed by atoms with E-state index in [1.54, 1.807) is 36.8 Å². The summed E-state index contributed by atoms with van der Waals surface area (Å²) in [6.07, 6.45) is 5.28. The SMILES string of the molecule is CC(C)(C)OC(=O)C(Cc1ccncc1)N1CON(c2cc(Cl)ccc2-n2cc(Cl)nn2)CO1. The van der Waals surface area contributed by atoms with Gasteiger partial charge in [-0.3, -0.25) is 19.5 Å². The van der Waals surface area contributed by atoms with Gasteiger partial charge in [-0.25, -0.2) is 9.75 Å². The monoisotopic (exact) mass is 506 g/mol. The minimum atomic E-state index is -0.725. The third-order valence-electron chi connectivity index (χ3n) is 4.80. The maximum absolute atomic E-state index is 13.0. The Bertz CT molecular complexity index is 1130. The molecule has 0 amide bonds. The van der Waals surface area contributed by atoms with Gasteiger partial charge in [0.2, 0.25) is 0 Å². The third kappa shape index (κ3) is 6.02. The molecule has 4 rings (SSSR count). The highest BCUT2D eigenvalue weighted by Gasteiger charge is 2.35. The molecule has 0 N–H and O–H groups in total. The Morgan fingerprint density at radius 3 is 2.50 bits per heavy atom. The molecule has 0 radical (unpaired) electrons. The predicted molar refractivity (Wildman–Crippen MR) is 125 cm³/mol. The number of rotatable bonds is 6. The Morgan fingerprint density at radius 2 is 1.88 bits per heavy atom. The summed E-state index contributed by atoms with van der Waals surface area (Å²) in [5.41, 5.74) is 1.50. The molecule has 0 spiro atoms. The van der Waals surface area contributed by atoms with Crippen molar-refractivity contribution >= 4 is 34.9 Å². The fraction of sp³-hybridized carbons (Fsp3) is 0.364. The van der Waals surface area contributed by atoms with Crippen molar-refractivity contribution in [3.63, 3.8) is 0 Å². The molecule has 0 bridgehead atoms. The largest absolute Gasteiger partial charge is 0.459 e. The summed E-state index contributed by atoms with van der Waals surface area (Å²) in [7, 11) is 0. The van der Waals surface area contributed by atoms with Crippen LogP contribution in [-0.4, -0.2) is 56.1 Å². The van der Waals surface area contributed by atoms with E-state index in [0.29, 0.717) is 22.8 Å². The molecule has 12 heteroatoms. The minimum absolute atomic E-state index is 0.00852. The average molecular weight is 507 g/mol. The van der Waals surface area contributed by atoms with Crippen LogP contribution < -0.4 is 5.06 Å². The summed E-state index contributed by atoms with van der Waals surface area (Å²) in [6, 6.07) is 8.17. The molecule has 180 valence electrons. The van der Waals surface area contributed by atoms with Gasteiger partial charge in [0.15, 0.2) is 18.6 Å². The zero-order valence-electron chi connectivity index (χ0n) is 18.9. The number of esters is 1. The number of carbonyl (C=O) groups is 1. The van der Waals surface area contributed by atoms with Gasteiger partial charge in [-0.1, -0.05) is 28.4 Å². The average Bonchev–Trinajstić information content (AvgIpc) is 3.23. The maximum Gasteiger partial charge on any atom is 0.326 e. The molecule has 1 aromatic carbocycles. The molecule has 34 heavy (non-hydrogen) atoms. The summed E-state index contributed by atoms with van der Waals surface area (Å²) < 4.78 is 7.15. The van der Waals surface area contributed by atoms with Crippen molar-refractivity contribution in [3.05, 3.63) is 64.7 Å². The number of hydroxylamine groups is 3. The zero-order chi connectivity index (χ0) is 24.3. The van der Waals surface area contributed by atoms with E-state index < -0.39 is 17.6 Å². The van der Waals surface area contributed by atoms with Crippen molar-refractivity contribution in [3.8, 4) is 5.69 Å². The molecule has 3 aromatic rings. The quantitative estimate of drug-likeness (QED) is 0.462. The molecule has 1 fully saturated rings. The lowest BCUT2D eigenvalue weighted by molar-refractivity contribution is -0.284. The second-order valence-corrected chi connectivity index (χ2v) is 9.36. The summed E-state index contributed by atoms with van der Waals surface area (Å²) in [6.45, 7) is 5.42. The number of nitrogens with zero attached hydrogens (tertiary/aromatic N) is 6. The van der Waals surface area contributed by atoms with Gasteiger partial charge in [-0.05, 0) is 56.7 Å². The minimum Gasteiger partial charge on any atom is -0.459 e. The molecule has 3 heterocycles. The fourth-order valence-electron chi connectivity index (χ4n) is 3.31. The van der Waals surface area contributed by atoms with Crippen LogP contribution >= 0.6 is 23.2 Å². The summed E-state index contributed by atoms with van der Waals surface area (Å²) in [4.78, 5) is 29.0. The lowest BCUT2D eigenvalue weighted by Gasteiger charge is -2.38. The highest BCUT2D eigenvalue weighted by molar-refractivity contribution is 6.31. The van der Waals surface area contributed by atoms with Crippen LogP contribution in [0.4, 0.5) is 5.69 Å². The molecular weight excluding hydrogens is 483 g/mol. The van der Waals surface area contributed by atoms with Gasteiger partial charge in [0.25, 0.3) is 0 Å². The topological polar surface area (TPSA) is 94.8 Å². The molecule has 1 aliphatic heterocycles. The van der Waals surface area contributed by atoms with Crippen molar-refractivity contribution in [2.24, 2.45) is 0 Å². The number of benzene rings is 1. The van der Waals surface area contributed by atoms with Gasteiger partial charge in [0, 0.05) is 23.8 Å². The predicted octanol–water partition coefficient (Wildman–Crippen LogP) is 3.82. The molecule has 1 saturated heterocycles. The van der Waals surface area contributed by atoms with Crippen LogP contribution in [0.1, 0.15) is 26.3 Å². The van der Waals surface area contributed by atoms with Gasteiger partial charge in [-0.15, -0.1) is 10.2 Å². The van der Waals surface area contributed by atoms with E-state index in [1.165, 1.54) is 14.8 Å². The fourth-order valence-corrected chi connectivity index (χ4v) is 3.61. The van der Waals surface area contributed by atoms with E-state index in [4.69, 9.17) is 37.6 Å². The lowest BCUT2D eigenvalue weighted by atomic mass is 10.1. The molecule has 2 aromatic heterocycles. The van der Waals surface area contributed by atoms with E-state index in [1.807, 2.05) is 32.9 Å². The first kappa shape index (κ1) is 24.4. The number of hydrogen-bond acceptors (Lipinski definition) is 9. The Morgan fingerprint density at radius 1 is 1.12 bits per heavy atom. The lowest BCUT2D eigenvalue weighted by Crippen LogP contribution is -2.52. The summed E-state index contributed by atoms with van der Waals surface area (Å²) in [5.74, 6) is -0.415. The number of anilines is 1. The van der Waals surface area contributed by atoms with Crippen molar-refractivity contribution in [2.75, 3.05) is 18.5 Å². The van der Waals surface area contributed by atoms with Crippen LogP contribution in [0.15, 0.2) is 48.9 Å². The molecule has 10 nitrogen and oxygen atoms in total. The van der Waals surface area contributed by atoms with Crippen LogP contribution in [0.5, 0.6) is 0 Å². The molecule has 1 atom stereocenters. The van der Waals surface area contributed by atoms with E-state index in [2.05, 4.69) is 15.3 Å². The number of halogens is 2.